The number of aromatic amines is 1. The summed E-state index contributed by atoms with van der Waals surface area (Å²) >= 11 is 0. The maximum absolute atomic E-state index is 11.1. The smallest absolute Gasteiger partial charge is 0.408 e. The Bertz CT molecular complexity index is 816. The van der Waals surface area contributed by atoms with E-state index in [4.69, 9.17) is 4.42 Å². The number of hydrogen-bond donors (Lipinski definition) is 2. The first-order valence-electron chi connectivity index (χ1n) is 7.41. The van der Waals surface area contributed by atoms with E-state index in [9.17, 15) is 4.79 Å². The van der Waals surface area contributed by atoms with Gasteiger partial charge in [0.05, 0.1) is 5.52 Å². The minimum Gasteiger partial charge on any atom is -0.408 e. The van der Waals surface area contributed by atoms with E-state index in [0.717, 1.165) is 23.4 Å². The van der Waals surface area contributed by atoms with Crippen molar-refractivity contribution in [3.05, 3.63) is 58.3 Å². The second-order valence-corrected chi connectivity index (χ2v) is 5.83. The number of anilines is 1. The van der Waals surface area contributed by atoms with Crippen molar-refractivity contribution in [2.75, 3.05) is 5.32 Å². The van der Waals surface area contributed by atoms with Gasteiger partial charge in [0.15, 0.2) is 5.58 Å². The molecule has 0 fully saturated rings. The highest BCUT2D eigenvalue weighted by Crippen LogP contribution is 2.17. The fourth-order valence-electron chi connectivity index (χ4n) is 2.36. The molecule has 2 aromatic heterocycles. The molecule has 22 heavy (non-hydrogen) atoms. The number of pyridine rings is 1. The van der Waals surface area contributed by atoms with Gasteiger partial charge in [-0.2, -0.15) is 0 Å². The van der Waals surface area contributed by atoms with Gasteiger partial charge in [0, 0.05) is 24.1 Å². The number of aromatic nitrogens is 2. The Hall–Kier alpha value is -2.56. The van der Waals surface area contributed by atoms with E-state index in [1.807, 2.05) is 18.3 Å². The first-order valence-corrected chi connectivity index (χ1v) is 7.41. The standard InChI is InChI=1S/C17H19N3O2/c1-11(2)7-13-4-3-12(9-18-13)10-19-14-5-6-16-15(8-14)20-17(21)22-16/h3-6,8-9,11,19H,7,10H2,1-2H3,(H,20,21). The number of benzene rings is 1. The SMILES string of the molecule is CC(C)Cc1ccc(CNc2ccc3oc(=O)[nH]c3c2)cn1. The lowest BCUT2D eigenvalue weighted by Crippen LogP contribution is -2.02. The van der Waals surface area contributed by atoms with Crippen LogP contribution in [0, 0.1) is 5.92 Å². The number of nitrogens with zero attached hydrogens (tertiary/aromatic N) is 1. The molecule has 0 radical (unpaired) electrons. The third-order valence-electron chi connectivity index (χ3n) is 3.42. The molecule has 0 aliphatic carbocycles. The van der Waals surface area contributed by atoms with Gasteiger partial charge in [-0.05, 0) is 42.2 Å². The first kappa shape index (κ1) is 14.4. The van der Waals surface area contributed by atoms with Crippen molar-refractivity contribution in [3.63, 3.8) is 0 Å². The molecule has 2 N–H and O–H groups in total. The molecule has 5 nitrogen and oxygen atoms in total. The van der Waals surface area contributed by atoms with Crippen LogP contribution in [-0.2, 0) is 13.0 Å². The normalized spacial score (nSPS) is 11.2. The zero-order chi connectivity index (χ0) is 15.5. The number of nitrogens with one attached hydrogen (secondary N) is 2. The van der Waals surface area contributed by atoms with Crippen molar-refractivity contribution < 1.29 is 4.42 Å². The summed E-state index contributed by atoms with van der Waals surface area (Å²) in [6, 6.07) is 9.70. The molecule has 0 amide bonds. The lowest BCUT2D eigenvalue weighted by atomic mass is 10.1. The van der Waals surface area contributed by atoms with E-state index in [-0.39, 0.29) is 0 Å². The van der Waals surface area contributed by atoms with Gasteiger partial charge < -0.3 is 9.73 Å². The van der Waals surface area contributed by atoms with E-state index >= 15 is 0 Å². The van der Waals surface area contributed by atoms with Gasteiger partial charge in [-0.1, -0.05) is 19.9 Å². The highest BCUT2D eigenvalue weighted by molar-refractivity contribution is 5.76. The average molecular weight is 297 g/mol. The molecule has 0 unspecified atom stereocenters. The van der Waals surface area contributed by atoms with Crippen LogP contribution >= 0.6 is 0 Å². The second-order valence-electron chi connectivity index (χ2n) is 5.83. The molecule has 3 rings (SSSR count). The van der Waals surface area contributed by atoms with Crippen LogP contribution < -0.4 is 11.1 Å². The van der Waals surface area contributed by atoms with Gasteiger partial charge >= 0.3 is 5.76 Å². The van der Waals surface area contributed by atoms with E-state index in [0.29, 0.717) is 23.6 Å². The van der Waals surface area contributed by atoms with Crippen molar-refractivity contribution in [1.82, 2.24) is 9.97 Å². The number of fused-ring (bicyclic) bond motifs is 1. The lowest BCUT2D eigenvalue weighted by molar-refractivity contribution is 0.555. The van der Waals surface area contributed by atoms with Crippen LogP contribution in [0.5, 0.6) is 0 Å². The molecular weight excluding hydrogens is 278 g/mol. The zero-order valence-electron chi connectivity index (χ0n) is 12.7. The molecule has 0 atom stereocenters. The van der Waals surface area contributed by atoms with Crippen LogP contribution in [0.25, 0.3) is 11.1 Å². The Kier molecular flexibility index (Phi) is 3.96. The Labute approximate surface area is 128 Å². The van der Waals surface area contributed by atoms with Crippen LogP contribution in [0.1, 0.15) is 25.1 Å². The summed E-state index contributed by atoms with van der Waals surface area (Å²) in [5, 5.41) is 3.32. The number of oxazole rings is 1. The van der Waals surface area contributed by atoms with Crippen LogP contribution in [0.4, 0.5) is 5.69 Å². The van der Waals surface area contributed by atoms with Crippen molar-refractivity contribution in [1.29, 1.82) is 0 Å². The summed E-state index contributed by atoms with van der Waals surface area (Å²) in [6.45, 7) is 5.06. The van der Waals surface area contributed by atoms with E-state index in [1.54, 1.807) is 6.07 Å². The predicted octanol–water partition coefficient (Wildman–Crippen LogP) is 3.33. The van der Waals surface area contributed by atoms with E-state index in [2.05, 4.69) is 41.3 Å². The van der Waals surface area contributed by atoms with Crippen molar-refractivity contribution >= 4 is 16.8 Å². The van der Waals surface area contributed by atoms with Crippen LogP contribution in [0.2, 0.25) is 0 Å². The molecule has 3 aromatic rings. The number of hydrogen-bond acceptors (Lipinski definition) is 4. The molecule has 0 saturated carbocycles. The molecule has 0 aliphatic rings. The average Bonchev–Trinajstić information content (AvgIpc) is 2.85. The van der Waals surface area contributed by atoms with Gasteiger partial charge in [0.2, 0.25) is 0 Å². The van der Waals surface area contributed by atoms with E-state index in [1.165, 1.54) is 0 Å². The minimum absolute atomic E-state index is 0.433. The maximum Gasteiger partial charge on any atom is 0.417 e. The van der Waals surface area contributed by atoms with Gasteiger partial charge in [-0.15, -0.1) is 0 Å². The van der Waals surface area contributed by atoms with Crippen molar-refractivity contribution in [2.24, 2.45) is 5.92 Å². The van der Waals surface area contributed by atoms with Gasteiger partial charge in [-0.3, -0.25) is 9.97 Å². The summed E-state index contributed by atoms with van der Waals surface area (Å²) in [5.74, 6) is 0.178. The summed E-state index contributed by atoms with van der Waals surface area (Å²) in [6.07, 6.45) is 2.90. The van der Waals surface area contributed by atoms with Crippen LogP contribution in [0.15, 0.2) is 45.7 Å². The van der Waals surface area contributed by atoms with E-state index < -0.39 is 5.76 Å². The van der Waals surface area contributed by atoms with Crippen molar-refractivity contribution in [2.45, 2.75) is 26.8 Å². The molecule has 0 saturated heterocycles. The third-order valence-corrected chi connectivity index (χ3v) is 3.42. The monoisotopic (exact) mass is 297 g/mol. The van der Waals surface area contributed by atoms with Crippen LogP contribution in [0.3, 0.4) is 0 Å². The van der Waals surface area contributed by atoms with Gasteiger partial charge in [0.25, 0.3) is 0 Å². The van der Waals surface area contributed by atoms with Crippen LogP contribution in [-0.4, -0.2) is 9.97 Å². The molecule has 2 heterocycles. The fraction of sp³-hybridized carbons (Fsp3) is 0.294. The minimum atomic E-state index is -0.433. The summed E-state index contributed by atoms with van der Waals surface area (Å²) < 4.78 is 4.98. The summed E-state index contributed by atoms with van der Waals surface area (Å²) in [4.78, 5) is 18.3. The van der Waals surface area contributed by atoms with Gasteiger partial charge in [0.1, 0.15) is 0 Å². The third kappa shape index (κ3) is 3.36. The summed E-state index contributed by atoms with van der Waals surface area (Å²) in [7, 11) is 0. The molecule has 114 valence electrons. The molecule has 0 spiro atoms. The predicted molar refractivity (Wildman–Crippen MR) is 86.9 cm³/mol. The summed E-state index contributed by atoms with van der Waals surface area (Å²) in [5.41, 5.74) is 4.43. The second kappa shape index (κ2) is 6.05. The first-order chi connectivity index (χ1) is 10.6. The number of H-pyrrole nitrogens is 1. The largest absolute Gasteiger partial charge is 0.417 e. The maximum atomic E-state index is 11.1. The Morgan fingerprint density at radius 2 is 2.14 bits per heavy atom. The highest BCUT2D eigenvalue weighted by atomic mass is 16.4. The quantitative estimate of drug-likeness (QED) is 0.758. The Morgan fingerprint density at radius 1 is 1.27 bits per heavy atom. The molecule has 5 heteroatoms. The topological polar surface area (TPSA) is 70.9 Å². The zero-order valence-corrected chi connectivity index (χ0v) is 12.7. The van der Waals surface area contributed by atoms with Gasteiger partial charge in [-0.25, -0.2) is 4.79 Å². The molecule has 0 bridgehead atoms. The lowest BCUT2D eigenvalue weighted by Gasteiger charge is -2.08. The Morgan fingerprint density at radius 3 is 2.86 bits per heavy atom. The fourth-order valence-corrected chi connectivity index (χ4v) is 2.36. The number of rotatable bonds is 5. The Balaban J connectivity index is 1.66. The molecule has 0 aliphatic heterocycles. The molecule has 1 aromatic carbocycles. The molecular formula is C17H19N3O2. The highest BCUT2D eigenvalue weighted by Gasteiger charge is 2.03. The van der Waals surface area contributed by atoms with Crippen molar-refractivity contribution in [3.8, 4) is 0 Å².